The van der Waals surface area contributed by atoms with Crippen LogP contribution in [0.3, 0.4) is 0 Å². The Hall–Kier alpha value is -6.26. The van der Waals surface area contributed by atoms with Crippen molar-refractivity contribution in [3.63, 3.8) is 0 Å². The Morgan fingerprint density at radius 3 is 1.76 bits per heavy atom. The summed E-state index contributed by atoms with van der Waals surface area (Å²) in [6.45, 7) is 25.3. The molecule has 8 aromatic rings. The van der Waals surface area contributed by atoms with Crippen LogP contribution in [0.5, 0.6) is 5.75 Å². The Balaban J connectivity index is 1.41. The van der Waals surface area contributed by atoms with Crippen molar-refractivity contribution in [3.05, 3.63) is 168 Å². The molecular weight excluding hydrogens is 755 g/mol. The van der Waals surface area contributed by atoms with Gasteiger partial charge in [-0.3, -0.25) is 9.55 Å². The normalized spacial score (nSPS) is 13.5. The summed E-state index contributed by atoms with van der Waals surface area (Å²) in [6, 6.07) is 39.2. The van der Waals surface area contributed by atoms with Crippen LogP contribution in [0.2, 0.25) is 0 Å². The van der Waals surface area contributed by atoms with E-state index >= 15 is 0 Å². The van der Waals surface area contributed by atoms with Crippen LogP contribution < -0.4 is 0 Å². The van der Waals surface area contributed by atoms with Gasteiger partial charge in [-0.2, -0.15) is 0 Å². The van der Waals surface area contributed by atoms with E-state index in [1.165, 1.54) is 0 Å². The number of hydrogen-bond donors (Lipinski definition) is 1. The molecule has 0 radical (unpaired) electrons. The topological polar surface area (TPSA) is 50.9 Å². The van der Waals surface area contributed by atoms with Crippen LogP contribution in [-0.4, -0.2) is 19.6 Å². The molecule has 8 rings (SSSR count). The van der Waals surface area contributed by atoms with Crippen molar-refractivity contribution in [2.24, 2.45) is 0 Å². The number of hydrogen-bond acceptors (Lipinski definition) is 3. The predicted octanol–water partition coefficient (Wildman–Crippen LogP) is 15.7. The Labute approximate surface area is 375 Å². The maximum Gasteiger partial charge on any atom is 0.149 e. The highest BCUT2D eigenvalue weighted by Crippen LogP contribution is 2.46. The minimum absolute atomic E-state index is 0.0275. The molecule has 0 bridgehead atoms. The van der Waals surface area contributed by atoms with Gasteiger partial charge in [-0.05, 0) is 103 Å². The summed E-state index contributed by atoms with van der Waals surface area (Å²) in [5.41, 5.74) is 11.5. The van der Waals surface area contributed by atoms with E-state index < -0.39 is 5.41 Å². The molecule has 314 valence electrons. The summed E-state index contributed by atoms with van der Waals surface area (Å²) in [7, 11) is 0. The summed E-state index contributed by atoms with van der Waals surface area (Å²) in [5, 5.41) is 12.4. The monoisotopic (exact) mass is 820 g/mol. The van der Waals surface area contributed by atoms with Gasteiger partial charge in [0.05, 0.1) is 33.5 Å². The number of phenolic OH excluding ortho intramolecular Hbond substituents is 1. The molecule has 4 heteroatoms. The lowest BCUT2D eigenvalue weighted by atomic mass is 9.79. The maximum absolute atomic E-state index is 12.4. The molecule has 0 atom stereocenters. The molecule has 2 aromatic heterocycles. The van der Waals surface area contributed by atoms with E-state index in [2.05, 4.69) is 164 Å². The van der Waals surface area contributed by atoms with Gasteiger partial charge in [0, 0.05) is 28.5 Å². The molecule has 0 amide bonds. The fourth-order valence-corrected chi connectivity index (χ4v) is 8.04. The molecule has 0 spiro atoms. The van der Waals surface area contributed by atoms with Crippen molar-refractivity contribution in [2.45, 2.75) is 105 Å². The molecule has 0 saturated heterocycles. The number of imidazole rings is 1. The van der Waals surface area contributed by atoms with Gasteiger partial charge in [0.15, 0.2) is 0 Å². The number of phenols is 1. The molecule has 0 aliphatic heterocycles. The van der Waals surface area contributed by atoms with E-state index in [-0.39, 0.29) is 51.7 Å². The van der Waals surface area contributed by atoms with Crippen LogP contribution in [-0.2, 0) is 21.7 Å². The zero-order valence-corrected chi connectivity index (χ0v) is 38.3. The van der Waals surface area contributed by atoms with E-state index in [9.17, 15) is 5.11 Å². The number of benzene rings is 6. The number of nitrogens with zero attached hydrogens (tertiary/aromatic N) is 3. The SMILES string of the molecule is [2H]c1c([2H])c(C(C)(C)C)c([2H])c([2H])c1-c1ccnc(-c2cc(-c3cccc4c3nc(-c3cc(C(C)(C)C)cc(C(C)(C)C)c3O)n4-c3ccccc3-c3ccccc3)cc(C(C)(C)C)c2)c1. The molecule has 2 heterocycles. The van der Waals surface area contributed by atoms with E-state index in [4.69, 9.17) is 15.5 Å². The molecule has 0 aliphatic carbocycles. The molecule has 0 aliphatic rings. The lowest BCUT2D eigenvalue weighted by Gasteiger charge is -2.27. The van der Waals surface area contributed by atoms with E-state index in [0.29, 0.717) is 28.2 Å². The second-order valence-corrected chi connectivity index (χ2v) is 20.7. The zero-order valence-electron chi connectivity index (χ0n) is 42.3. The van der Waals surface area contributed by atoms with Crippen LogP contribution in [0, 0.1) is 0 Å². The molecule has 0 fully saturated rings. The molecule has 6 aromatic carbocycles. The second kappa shape index (κ2) is 15.6. The third kappa shape index (κ3) is 8.23. The Kier molecular flexibility index (Phi) is 9.42. The number of aromatic nitrogens is 3. The third-order valence-corrected chi connectivity index (χ3v) is 11.8. The highest BCUT2D eigenvalue weighted by molar-refractivity contribution is 5.98. The predicted molar refractivity (Wildman–Crippen MR) is 263 cm³/mol. The van der Waals surface area contributed by atoms with Crippen LogP contribution in [0.4, 0.5) is 0 Å². The average Bonchev–Trinajstić information content (AvgIpc) is 3.64. The van der Waals surface area contributed by atoms with E-state index in [1.807, 2.05) is 32.9 Å². The van der Waals surface area contributed by atoms with Crippen molar-refractivity contribution in [1.82, 2.24) is 14.5 Å². The quantitative estimate of drug-likeness (QED) is 0.182. The van der Waals surface area contributed by atoms with Gasteiger partial charge in [0.2, 0.25) is 0 Å². The summed E-state index contributed by atoms with van der Waals surface area (Å²) in [6.07, 6.45) is 1.68. The van der Waals surface area contributed by atoms with Crippen LogP contribution >= 0.6 is 0 Å². The average molecular weight is 820 g/mol. The van der Waals surface area contributed by atoms with Gasteiger partial charge >= 0.3 is 0 Å². The molecule has 62 heavy (non-hydrogen) atoms. The van der Waals surface area contributed by atoms with Gasteiger partial charge in [0.1, 0.15) is 11.6 Å². The third-order valence-electron chi connectivity index (χ3n) is 11.8. The first-order valence-corrected chi connectivity index (χ1v) is 21.6. The Morgan fingerprint density at radius 2 is 1.10 bits per heavy atom. The standard InChI is InChI=1S/C58H61N3O/c1-55(2,3)42-27-25-37(26-28-42)39-29-30-59-49(34-39)41-31-40(32-43(33-41)56(4,5)6)46-22-18-24-51-52(46)60-54(47-35-44(57(7,8)9)36-48(53(47)62)58(10,11)12)61(51)50-23-17-16-21-45(50)38-19-14-13-15-20-38/h13-36,62H,1-12H3/i25D,26D,27D,28D. The Morgan fingerprint density at radius 1 is 0.484 bits per heavy atom. The van der Waals surface area contributed by atoms with Crippen molar-refractivity contribution < 1.29 is 10.6 Å². The van der Waals surface area contributed by atoms with Crippen molar-refractivity contribution in [1.29, 1.82) is 0 Å². The van der Waals surface area contributed by atoms with Gasteiger partial charge in [-0.1, -0.05) is 180 Å². The fraction of sp³-hybridized carbons (Fsp3) is 0.276. The largest absolute Gasteiger partial charge is 0.507 e. The fourth-order valence-electron chi connectivity index (χ4n) is 8.04. The van der Waals surface area contributed by atoms with Crippen LogP contribution in [0.1, 0.15) is 111 Å². The lowest BCUT2D eigenvalue weighted by Crippen LogP contribution is -2.17. The summed E-state index contributed by atoms with van der Waals surface area (Å²) < 4.78 is 38.2. The van der Waals surface area contributed by atoms with Crippen LogP contribution in [0.15, 0.2) is 146 Å². The first-order chi connectivity index (χ1) is 30.9. The van der Waals surface area contributed by atoms with Crippen molar-refractivity contribution >= 4 is 11.0 Å². The Bertz CT molecular complexity index is 3150. The van der Waals surface area contributed by atoms with Gasteiger partial charge < -0.3 is 5.11 Å². The van der Waals surface area contributed by atoms with E-state index in [0.717, 1.165) is 61.2 Å². The van der Waals surface area contributed by atoms with Crippen LogP contribution in [0.25, 0.3) is 72.7 Å². The van der Waals surface area contributed by atoms with E-state index in [1.54, 1.807) is 12.3 Å². The summed E-state index contributed by atoms with van der Waals surface area (Å²) >= 11 is 0. The highest BCUT2D eigenvalue weighted by atomic mass is 16.3. The number of pyridine rings is 1. The van der Waals surface area contributed by atoms with Crippen molar-refractivity contribution in [3.8, 4) is 67.5 Å². The second-order valence-electron chi connectivity index (χ2n) is 20.7. The first kappa shape index (κ1) is 37.5. The molecular formula is C58H61N3O. The number of fused-ring (bicyclic) bond motifs is 1. The zero-order chi connectivity index (χ0) is 47.8. The number of aromatic hydroxyl groups is 1. The van der Waals surface area contributed by atoms with Gasteiger partial charge in [-0.15, -0.1) is 0 Å². The molecule has 1 N–H and O–H groups in total. The first-order valence-electron chi connectivity index (χ1n) is 23.6. The lowest BCUT2D eigenvalue weighted by molar-refractivity contribution is 0.446. The number of para-hydroxylation sites is 2. The summed E-state index contributed by atoms with van der Waals surface area (Å²) in [4.78, 5) is 10.5. The molecule has 0 saturated carbocycles. The summed E-state index contributed by atoms with van der Waals surface area (Å²) in [5.74, 6) is 0.845. The van der Waals surface area contributed by atoms with Gasteiger partial charge in [0.25, 0.3) is 0 Å². The van der Waals surface area contributed by atoms with Gasteiger partial charge in [-0.25, -0.2) is 4.98 Å². The molecule has 0 unspecified atom stereocenters. The number of rotatable bonds is 6. The van der Waals surface area contributed by atoms with Crippen molar-refractivity contribution in [2.75, 3.05) is 0 Å². The minimum Gasteiger partial charge on any atom is -0.507 e. The maximum atomic E-state index is 12.4. The molecule has 4 nitrogen and oxygen atoms in total. The smallest absolute Gasteiger partial charge is 0.149 e. The minimum atomic E-state index is -0.567. The highest BCUT2D eigenvalue weighted by Gasteiger charge is 2.29.